The number of nitrogens with zero attached hydrogens (tertiary/aromatic N) is 3. The Morgan fingerprint density at radius 1 is 1.14 bits per heavy atom. The van der Waals surface area contributed by atoms with Gasteiger partial charge in [-0.25, -0.2) is 4.39 Å². The van der Waals surface area contributed by atoms with Crippen molar-refractivity contribution >= 4 is 21.7 Å². The highest BCUT2D eigenvalue weighted by molar-refractivity contribution is 9.10. The molecule has 0 spiro atoms. The van der Waals surface area contributed by atoms with Crippen LogP contribution < -0.4 is 5.73 Å². The van der Waals surface area contributed by atoms with Gasteiger partial charge in [0, 0.05) is 23.3 Å². The van der Waals surface area contributed by atoms with E-state index in [9.17, 15) is 4.39 Å². The molecule has 6 heteroatoms. The van der Waals surface area contributed by atoms with Gasteiger partial charge in [0.25, 0.3) is 0 Å². The summed E-state index contributed by atoms with van der Waals surface area (Å²) in [7, 11) is 1.76. The van der Waals surface area contributed by atoms with E-state index in [1.165, 1.54) is 6.07 Å². The van der Waals surface area contributed by atoms with Crippen LogP contribution in [0.2, 0.25) is 0 Å². The standard InChI is InChI=1S/C15H12BrFN4/c1-21-15(18)13(9-2-4-11(16)5-3-9)14(20-21)10-6-12(17)8-19-7-10/h2-8H,18H2,1H3. The third-order valence-electron chi connectivity index (χ3n) is 3.20. The number of nitrogen functional groups attached to an aromatic ring is 1. The molecule has 0 saturated carbocycles. The van der Waals surface area contributed by atoms with E-state index < -0.39 is 5.82 Å². The van der Waals surface area contributed by atoms with Crippen LogP contribution in [0, 0.1) is 5.82 Å². The number of hydrogen-bond donors (Lipinski definition) is 1. The van der Waals surface area contributed by atoms with Gasteiger partial charge in [0.1, 0.15) is 17.3 Å². The summed E-state index contributed by atoms with van der Waals surface area (Å²) in [5.74, 6) is 0.120. The fraction of sp³-hybridized carbons (Fsp3) is 0.0667. The topological polar surface area (TPSA) is 56.7 Å². The number of hydrogen-bond acceptors (Lipinski definition) is 3. The first-order valence-electron chi connectivity index (χ1n) is 6.25. The third-order valence-corrected chi connectivity index (χ3v) is 3.73. The van der Waals surface area contributed by atoms with Crippen LogP contribution in [-0.4, -0.2) is 14.8 Å². The fourth-order valence-corrected chi connectivity index (χ4v) is 2.45. The summed E-state index contributed by atoms with van der Waals surface area (Å²) in [5.41, 5.74) is 9.03. The van der Waals surface area contributed by atoms with Crippen LogP contribution in [0.15, 0.2) is 47.2 Å². The number of nitrogens with two attached hydrogens (primary N) is 1. The van der Waals surface area contributed by atoms with Crippen LogP contribution >= 0.6 is 15.9 Å². The Labute approximate surface area is 129 Å². The Morgan fingerprint density at radius 2 is 1.86 bits per heavy atom. The maximum Gasteiger partial charge on any atom is 0.142 e. The summed E-state index contributed by atoms with van der Waals surface area (Å²) in [5, 5.41) is 4.39. The van der Waals surface area contributed by atoms with E-state index in [0.29, 0.717) is 17.1 Å². The number of benzene rings is 1. The number of rotatable bonds is 2. The highest BCUT2D eigenvalue weighted by Gasteiger charge is 2.17. The van der Waals surface area contributed by atoms with Gasteiger partial charge >= 0.3 is 0 Å². The molecular formula is C15H12BrFN4. The van der Waals surface area contributed by atoms with Gasteiger partial charge in [-0.2, -0.15) is 5.10 Å². The predicted molar refractivity (Wildman–Crippen MR) is 83.9 cm³/mol. The maximum absolute atomic E-state index is 13.4. The van der Waals surface area contributed by atoms with Crippen LogP contribution in [-0.2, 0) is 7.05 Å². The lowest BCUT2D eigenvalue weighted by Gasteiger charge is -2.04. The number of aromatic nitrogens is 3. The monoisotopic (exact) mass is 346 g/mol. The van der Waals surface area contributed by atoms with Crippen LogP contribution in [0.1, 0.15) is 0 Å². The molecule has 21 heavy (non-hydrogen) atoms. The van der Waals surface area contributed by atoms with E-state index in [1.54, 1.807) is 17.9 Å². The Morgan fingerprint density at radius 3 is 2.52 bits per heavy atom. The van der Waals surface area contributed by atoms with Crippen molar-refractivity contribution in [3.63, 3.8) is 0 Å². The molecule has 0 aliphatic rings. The summed E-state index contributed by atoms with van der Waals surface area (Å²) in [6.45, 7) is 0. The van der Waals surface area contributed by atoms with Crippen LogP contribution in [0.25, 0.3) is 22.4 Å². The lowest BCUT2D eigenvalue weighted by molar-refractivity contribution is 0.622. The molecule has 0 atom stereocenters. The van der Waals surface area contributed by atoms with E-state index in [2.05, 4.69) is 26.0 Å². The summed E-state index contributed by atoms with van der Waals surface area (Å²) in [6, 6.07) is 9.13. The molecule has 106 valence electrons. The summed E-state index contributed by atoms with van der Waals surface area (Å²) in [6.07, 6.45) is 2.74. The molecule has 2 aromatic heterocycles. The van der Waals surface area contributed by atoms with Crippen molar-refractivity contribution in [1.82, 2.24) is 14.8 Å². The van der Waals surface area contributed by atoms with Gasteiger partial charge < -0.3 is 5.73 Å². The normalized spacial score (nSPS) is 10.8. The molecule has 0 saturated heterocycles. The molecule has 0 aliphatic heterocycles. The second-order valence-electron chi connectivity index (χ2n) is 4.63. The Kier molecular flexibility index (Phi) is 3.47. The second kappa shape index (κ2) is 5.29. The first kappa shape index (κ1) is 13.8. The predicted octanol–water partition coefficient (Wildman–Crippen LogP) is 3.63. The quantitative estimate of drug-likeness (QED) is 0.770. The molecule has 2 heterocycles. The largest absolute Gasteiger partial charge is 0.383 e. The first-order chi connectivity index (χ1) is 10.1. The lowest BCUT2D eigenvalue weighted by atomic mass is 10.0. The van der Waals surface area contributed by atoms with Crippen molar-refractivity contribution in [3.05, 3.63) is 53.0 Å². The van der Waals surface area contributed by atoms with Gasteiger partial charge in [0.2, 0.25) is 0 Å². The molecule has 0 radical (unpaired) electrons. The first-order valence-corrected chi connectivity index (χ1v) is 7.05. The zero-order valence-corrected chi connectivity index (χ0v) is 12.8. The average Bonchev–Trinajstić information content (AvgIpc) is 2.76. The molecule has 4 nitrogen and oxygen atoms in total. The van der Waals surface area contributed by atoms with E-state index >= 15 is 0 Å². The van der Waals surface area contributed by atoms with Gasteiger partial charge in [-0.3, -0.25) is 9.67 Å². The highest BCUT2D eigenvalue weighted by Crippen LogP contribution is 2.36. The van der Waals surface area contributed by atoms with E-state index in [4.69, 9.17) is 5.73 Å². The molecule has 3 rings (SSSR count). The Hall–Kier alpha value is -2.21. The van der Waals surface area contributed by atoms with Gasteiger partial charge in [0.05, 0.1) is 11.8 Å². The minimum Gasteiger partial charge on any atom is -0.383 e. The Bertz CT molecular complexity index is 796. The van der Waals surface area contributed by atoms with Gasteiger partial charge in [0.15, 0.2) is 0 Å². The lowest BCUT2D eigenvalue weighted by Crippen LogP contribution is -1.97. The van der Waals surface area contributed by atoms with Crippen molar-refractivity contribution < 1.29 is 4.39 Å². The second-order valence-corrected chi connectivity index (χ2v) is 5.55. The smallest absolute Gasteiger partial charge is 0.142 e. The number of halogens is 2. The van der Waals surface area contributed by atoms with Crippen molar-refractivity contribution in [2.45, 2.75) is 0 Å². The van der Waals surface area contributed by atoms with Crippen LogP contribution in [0.5, 0.6) is 0 Å². The van der Waals surface area contributed by atoms with Gasteiger partial charge in [-0.05, 0) is 23.8 Å². The van der Waals surface area contributed by atoms with Crippen molar-refractivity contribution in [1.29, 1.82) is 0 Å². The van der Waals surface area contributed by atoms with Crippen LogP contribution in [0.4, 0.5) is 10.2 Å². The van der Waals surface area contributed by atoms with E-state index in [0.717, 1.165) is 21.8 Å². The summed E-state index contributed by atoms with van der Waals surface area (Å²) < 4.78 is 16.0. The molecule has 3 aromatic rings. The molecule has 0 aliphatic carbocycles. The average molecular weight is 347 g/mol. The van der Waals surface area contributed by atoms with Gasteiger partial charge in [-0.15, -0.1) is 0 Å². The minimum atomic E-state index is -0.404. The molecule has 0 bridgehead atoms. The zero-order chi connectivity index (χ0) is 15.0. The molecule has 2 N–H and O–H groups in total. The molecular weight excluding hydrogens is 335 g/mol. The fourth-order valence-electron chi connectivity index (χ4n) is 2.18. The van der Waals surface area contributed by atoms with Gasteiger partial charge in [-0.1, -0.05) is 28.1 Å². The highest BCUT2D eigenvalue weighted by atomic mass is 79.9. The number of pyridine rings is 1. The molecule has 0 fully saturated rings. The maximum atomic E-state index is 13.4. The summed E-state index contributed by atoms with van der Waals surface area (Å²) in [4.78, 5) is 3.88. The molecule has 0 amide bonds. The zero-order valence-electron chi connectivity index (χ0n) is 11.2. The van der Waals surface area contributed by atoms with E-state index in [1.807, 2.05) is 24.3 Å². The third kappa shape index (κ3) is 2.54. The van der Waals surface area contributed by atoms with Crippen LogP contribution in [0.3, 0.4) is 0 Å². The van der Waals surface area contributed by atoms with Crippen molar-refractivity contribution in [3.8, 4) is 22.4 Å². The Balaban J connectivity index is 2.23. The number of anilines is 1. The molecule has 0 unspecified atom stereocenters. The van der Waals surface area contributed by atoms with E-state index in [-0.39, 0.29) is 0 Å². The SMILES string of the molecule is Cn1nc(-c2cncc(F)c2)c(-c2ccc(Br)cc2)c1N. The summed E-state index contributed by atoms with van der Waals surface area (Å²) >= 11 is 3.40. The van der Waals surface area contributed by atoms with Crippen molar-refractivity contribution in [2.24, 2.45) is 7.05 Å². The minimum absolute atomic E-state index is 0.404. The number of aryl methyl sites for hydroxylation is 1. The molecule has 1 aromatic carbocycles. The van der Waals surface area contributed by atoms with Crippen molar-refractivity contribution in [2.75, 3.05) is 5.73 Å².